The highest BCUT2D eigenvalue weighted by molar-refractivity contribution is 7.91. The Balaban J connectivity index is 1.87. The smallest absolute Gasteiger partial charge is 0.191 e. The Morgan fingerprint density at radius 3 is 2.62 bits per heavy atom. The van der Waals surface area contributed by atoms with Crippen molar-refractivity contribution in [3.63, 3.8) is 0 Å². The van der Waals surface area contributed by atoms with E-state index < -0.39 is 9.84 Å². The summed E-state index contributed by atoms with van der Waals surface area (Å²) < 4.78 is 28.9. The summed E-state index contributed by atoms with van der Waals surface area (Å²) in [5.74, 6) is 1.98. The summed E-state index contributed by atoms with van der Waals surface area (Å²) in [6.45, 7) is 7.74. The normalized spacial score (nSPS) is 20.0. The standard InChI is InChI=1S/C17H27N3O3S/c1-4-18-17(20-15-8-11-24(21,22)12-15)19-9-10-23-16-13(2)6-5-7-14(16)3/h5-7,15H,4,8-12H2,1-3H3,(H2,18,19,20). The third-order valence-electron chi connectivity index (χ3n) is 3.93. The molecule has 2 rings (SSSR count). The molecular weight excluding hydrogens is 326 g/mol. The zero-order valence-corrected chi connectivity index (χ0v) is 15.4. The maximum atomic E-state index is 11.5. The third kappa shape index (κ3) is 5.40. The van der Waals surface area contributed by atoms with E-state index in [0.717, 1.165) is 23.4 Å². The highest BCUT2D eigenvalue weighted by Crippen LogP contribution is 2.22. The first-order valence-electron chi connectivity index (χ1n) is 8.35. The first-order chi connectivity index (χ1) is 11.4. The van der Waals surface area contributed by atoms with E-state index in [1.165, 1.54) is 0 Å². The average Bonchev–Trinajstić information content (AvgIpc) is 2.85. The van der Waals surface area contributed by atoms with Crippen LogP contribution in [0.25, 0.3) is 0 Å². The highest BCUT2D eigenvalue weighted by atomic mass is 32.2. The molecule has 1 atom stereocenters. The lowest BCUT2D eigenvalue weighted by Gasteiger charge is -2.16. The first-order valence-corrected chi connectivity index (χ1v) is 10.2. The van der Waals surface area contributed by atoms with Crippen molar-refractivity contribution in [3.05, 3.63) is 29.3 Å². The molecule has 1 fully saturated rings. The molecule has 0 bridgehead atoms. The van der Waals surface area contributed by atoms with Crippen molar-refractivity contribution in [2.45, 2.75) is 33.2 Å². The molecule has 1 aliphatic rings. The number of aliphatic imine (C=N–C) groups is 1. The van der Waals surface area contributed by atoms with Gasteiger partial charge in [-0.2, -0.15) is 0 Å². The molecule has 1 aromatic rings. The van der Waals surface area contributed by atoms with E-state index in [1.54, 1.807) is 0 Å². The van der Waals surface area contributed by atoms with Gasteiger partial charge in [-0.05, 0) is 38.3 Å². The van der Waals surface area contributed by atoms with Crippen LogP contribution in [0.15, 0.2) is 23.2 Å². The van der Waals surface area contributed by atoms with Crippen molar-refractivity contribution >= 4 is 15.8 Å². The van der Waals surface area contributed by atoms with E-state index in [9.17, 15) is 8.42 Å². The number of nitrogens with one attached hydrogen (secondary N) is 2. The molecule has 24 heavy (non-hydrogen) atoms. The number of ether oxygens (including phenoxy) is 1. The van der Waals surface area contributed by atoms with E-state index >= 15 is 0 Å². The van der Waals surface area contributed by atoms with Crippen LogP contribution in [0.5, 0.6) is 5.75 Å². The summed E-state index contributed by atoms with van der Waals surface area (Å²) in [6.07, 6.45) is 0.631. The Hall–Kier alpha value is -1.76. The van der Waals surface area contributed by atoms with Crippen LogP contribution in [-0.2, 0) is 9.84 Å². The van der Waals surface area contributed by atoms with Crippen molar-refractivity contribution in [2.75, 3.05) is 31.2 Å². The van der Waals surface area contributed by atoms with Crippen LogP contribution in [0.3, 0.4) is 0 Å². The van der Waals surface area contributed by atoms with Crippen LogP contribution >= 0.6 is 0 Å². The molecule has 0 amide bonds. The number of guanidine groups is 1. The van der Waals surface area contributed by atoms with Gasteiger partial charge in [-0.25, -0.2) is 13.4 Å². The van der Waals surface area contributed by atoms with Gasteiger partial charge in [0.1, 0.15) is 12.4 Å². The van der Waals surface area contributed by atoms with Crippen LogP contribution in [0.2, 0.25) is 0 Å². The monoisotopic (exact) mass is 353 g/mol. The molecule has 6 nitrogen and oxygen atoms in total. The number of hydrogen-bond donors (Lipinski definition) is 2. The average molecular weight is 353 g/mol. The summed E-state index contributed by atoms with van der Waals surface area (Å²) in [5.41, 5.74) is 2.22. The zero-order chi connectivity index (χ0) is 17.6. The predicted octanol–water partition coefficient (Wildman–Crippen LogP) is 1.42. The summed E-state index contributed by atoms with van der Waals surface area (Å²) in [7, 11) is -2.90. The third-order valence-corrected chi connectivity index (χ3v) is 5.70. The number of sulfone groups is 1. The van der Waals surface area contributed by atoms with Crippen molar-refractivity contribution in [2.24, 2.45) is 4.99 Å². The largest absolute Gasteiger partial charge is 0.491 e. The van der Waals surface area contributed by atoms with Crippen molar-refractivity contribution in [3.8, 4) is 5.75 Å². The minimum absolute atomic E-state index is 0.0627. The Bertz CT molecular complexity index is 666. The molecule has 0 spiro atoms. The van der Waals surface area contributed by atoms with Gasteiger partial charge in [0.05, 0.1) is 18.1 Å². The van der Waals surface area contributed by atoms with E-state index in [-0.39, 0.29) is 17.5 Å². The lowest BCUT2D eigenvalue weighted by Crippen LogP contribution is -2.44. The van der Waals surface area contributed by atoms with Crippen molar-refractivity contribution in [1.82, 2.24) is 10.6 Å². The maximum absolute atomic E-state index is 11.5. The number of benzene rings is 1. The van der Waals surface area contributed by atoms with E-state index in [0.29, 0.717) is 25.5 Å². The number of aryl methyl sites for hydroxylation is 2. The molecule has 0 aromatic heterocycles. The Kier molecular flexibility index (Phi) is 6.48. The number of rotatable bonds is 6. The van der Waals surface area contributed by atoms with Gasteiger partial charge in [0.2, 0.25) is 0 Å². The van der Waals surface area contributed by atoms with Crippen LogP contribution < -0.4 is 15.4 Å². The summed E-state index contributed by atoms with van der Waals surface area (Å²) in [4.78, 5) is 4.47. The number of nitrogens with zero attached hydrogens (tertiary/aromatic N) is 1. The first kappa shape index (κ1) is 18.6. The van der Waals surface area contributed by atoms with Gasteiger partial charge in [-0.1, -0.05) is 18.2 Å². The quantitative estimate of drug-likeness (QED) is 0.459. The van der Waals surface area contributed by atoms with Gasteiger partial charge in [-0.3, -0.25) is 0 Å². The van der Waals surface area contributed by atoms with Crippen LogP contribution in [-0.4, -0.2) is 51.6 Å². The Morgan fingerprint density at radius 1 is 1.33 bits per heavy atom. The lowest BCUT2D eigenvalue weighted by molar-refractivity contribution is 0.324. The molecule has 1 aliphatic heterocycles. The summed E-state index contributed by atoms with van der Waals surface area (Å²) in [5, 5.41) is 6.34. The fourth-order valence-electron chi connectivity index (χ4n) is 2.75. The van der Waals surface area contributed by atoms with Crippen LogP contribution in [0.1, 0.15) is 24.5 Å². The lowest BCUT2D eigenvalue weighted by atomic mass is 10.1. The van der Waals surface area contributed by atoms with Crippen molar-refractivity contribution < 1.29 is 13.2 Å². The molecule has 2 N–H and O–H groups in total. The fourth-order valence-corrected chi connectivity index (χ4v) is 4.43. The molecule has 1 heterocycles. The molecule has 0 radical (unpaired) electrons. The van der Waals surface area contributed by atoms with Crippen LogP contribution in [0.4, 0.5) is 0 Å². The minimum atomic E-state index is -2.90. The SMILES string of the molecule is CCNC(=NCCOc1c(C)cccc1C)NC1CCS(=O)(=O)C1. The Labute approximate surface area is 144 Å². The van der Waals surface area contributed by atoms with E-state index in [4.69, 9.17) is 4.74 Å². The van der Waals surface area contributed by atoms with Crippen molar-refractivity contribution in [1.29, 1.82) is 0 Å². The van der Waals surface area contributed by atoms with E-state index in [1.807, 2.05) is 39.0 Å². The highest BCUT2D eigenvalue weighted by Gasteiger charge is 2.28. The second-order valence-electron chi connectivity index (χ2n) is 6.07. The zero-order valence-electron chi connectivity index (χ0n) is 14.6. The molecule has 7 heteroatoms. The molecule has 1 aromatic carbocycles. The van der Waals surface area contributed by atoms with Gasteiger partial charge >= 0.3 is 0 Å². The topological polar surface area (TPSA) is 79.8 Å². The van der Waals surface area contributed by atoms with Gasteiger partial charge in [0.15, 0.2) is 15.8 Å². The van der Waals surface area contributed by atoms with E-state index in [2.05, 4.69) is 15.6 Å². The minimum Gasteiger partial charge on any atom is -0.491 e. The summed E-state index contributed by atoms with van der Waals surface area (Å²) >= 11 is 0. The second-order valence-corrected chi connectivity index (χ2v) is 8.30. The van der Waals surface area contributed by atoms with Crippen LogP contribution in [0, 0.1) is 13.8 Å². The number of para-hydroxylation sites is 1. The fraction of sp³-hybridized carbons (Fsp3) is 0.588. The van der Waals surface area contributed by atoms with Gasteiger partial charge in [-0.15, -0.1) is 0 Å². The second kappa shape index (κ2) is 8.37. The van der Waals surface area contributed by atoms with Gasteiger partial charge in [0.25, 0.3) is 0 Å². The van der Waals surface area contributed by atoms with Gasteiger partial charge < -0.3 is 15.4 Å². The molecule has 0 aliphatic carbocycles. The molecule has 1 unspecified atom stereocenters. The Morgan fingerprint density at radius 2 is 2.04 bits per heavy atom. The van der Waals surface area contributed by atoms with Gasteiger partial charge in [0, 0.05) is 12.6 Å². The molecule has 0 saturated carbocycles. The molecule has 1 saturated heterocycles. The maximum Gasteiger partial charge on any atom is 0.191 e. The molecule has 134 valence electrons. The predicted molar refractivity (Wildman–Crippen MR) is 97.6 cm³/mol. The summed E-state index contributed by atoms with van der Waals surface area (Å²) in [6, 6.07) is 6.00. The number of hydrogen-bond acceptors (Lipinski definition) is 4. The molecular formula is C17H27N3O3S.